The van der Waals surface area contributed by atoms with Crippen LogP contribution in [0.1, 0.15) is 58.2 Å². The van der Waals surface area contributed by atoms with Crippen molar-refractivity contribution in [3.05, 3.63) is 58.6 Å². The number of hydrogen-bond donors (Lipinski definition) is 2. The maximum Gasteiger partial charge on any atom is 0.410 e. The number of nitrogen functional groups attached to an aromatic ring is 1. The Hall–Kier alpha value is -3.64. The van der Waals surface area contributed by atoms with E-state index in [0.29, 0.717) is 19.6 Å². The zero-order valence-electron chi connectivity index (χ0n) is 22.8. The van der Waals surface area contributed by atoms with Gasteiger partial charge in [-0.2, -0.15) is 4.98 Å². The van der Waals surface area contributed by atoms with E-state index in [1.165, 1.54) is 16.8 Å². The van der Waals surface area contributed by atoms with Crippen molar-refractivity contribution in [3.8, 4) is 0 Å². The molecular weight excluding hydrogens is 506 g/mol. The minimum Gasteiger partial charge on any atom is -0.444 e. The Morgan fingerprint density at radius 3 is 2.62 bits per heavy atom. The fraction of sp³-hybridized carbons (Fsp3) is 0.556. The summed E-state index contributed by atoms with van der Waals surface area (Å²) >= 11 is 0. The average molecular weight is 546 g/mol. The third-order valence-corrected chi connectivity index (χ3v) is 5.74. The van der Waals surface area contributed by atoms with Crippen molar-refractivity contribution in [1.29, 1.82) is 0 Å². The van der Waals surface area contributed by atoms with E-state index in [1.807, 2.05) is 51.1 Å². The average Bonchev–Trinajstić information content (AvgIpc) is 3.34. The zero-order chi connectivity index (χ0) is 28.3. The molecule has 1 aromatic heterocycles. The standard InChI is InChI=1S/C27H39N5O7/c1-27(2,3)39-26(35)31(17-20-11-7-6-8-12-20)15-10-5-4-9-14-29-25(34)37-19-23-36-18-22(38-23)32-16-13-21(28)30-24(32)33/h6-8,11-13,16,22-23H,4-5,9-10,14-15,17-19H2,1-3H3,(H,29,34)(H2,28,30,33)/t22-,23-/m0/s1. The van der Waals surface area contributed by atoms with Gasteiger partial charge in [-0.3, -0.25) is 4.57 Å². The van der Waals surface area contributed by atoms with Gasteiger partial charge in [-0.05, 0) is 45.2 Å². The number of carbonyl (C=O) groups excluding carboxylic acids is 2. The van der Waals surface area contributed by atoms with Crippen LogP contribution in [0.25, 0.3) is 0 Å². The number of nitrogens with two attached hydrogens (primary N) is 1. The minimum absolute atomic E-state index is 0.110. The monoisotopic (exact) mass is 545 g/mol. The maximum atomic E-state index is 12.7. The van der Waals surface area contributed by atoms with Crippen molar-refractivity contribution in [2.75, 3.05) is 32.0 Å². The van der Waals surface area contributed by atoms with Crippen LogP contribution in [0.4, 0.5) is 15.4 Å². The summed E-state index contributed by atoms with van der Waals surface area (Å²) in [6.07, 6.45) is 2.50. The van der Waals surface area contributed by atoms with E-state index in [-0.39, 0.29) is 25.1 Å². The van der Waals surface area contributed by atoms with Gasteiger partial charge in [-0.15, -0.1) is 0 Å². The van der Waals surface area contributed by atoms with Crippen LogP contribution in [0.2, 0.25) is 0 Å². The van der Waals surface area contributed by atoms with Crippen LogP contribution < -0.4 is 16.7 Å². The molecule has 1 aliphatic heterocycles. The number of rotatable bonds is 12. The first-order chi connectivity index (χ1) is 18.6. The zero-order valence-corrected chi connectivity index (χ0v) is 22.8. The Kier molecular flexibility index (Phi) is 11.1. The van der Waals surface area contributed by atoms with Gasteiger partial charge >= 0.3 is 17.9 Å². The Labute approximate surface area is 228 Å². The molecule has 12 nitrogen and oxygen atoms in total. The highest BCUT2D eigenvalue weighted by atomic mass is 16.7. The van der Waals surface area contributed by atoms with E-state index in [4.69, 9.17) is 24.7 Å². The molecule has 214 valence electrons. The van der Waals surface area contributed by atoms with Crippen LogP contribution in [0.3, 0.4) is 0 Å². The number of hydrogen-bond acceptors (Lipinski definition) is 9. The summed E-state index contributed by atoms with van der Waals surface area (Å²) in [6, 6.07) is 11.3. The van der Waals surface area contributed by atoms with E-state index < -0.39 is 29.9 Å². The summed E-state index contributed by atoms with van der Waals surface area (Å²) in [7, 11) is 0. The molecule has 12 heteroatoms. The summed E-state index contributed by atoms with van der Waals surface area (Å²) in [4.78, 5) is 42.0. The molecule has 3 rings (SSSR count). The highest BCUT2D eigenvalue weighted by Crippen LogP contribution is 2.20. The molecule has 0 saturated carbocycles. The predicted molar refractivity (Wildman–Crippen MR) is 144 cm³/mol. The number of amides is 2. The van der Waals surface area contributed by atoms with E-state index in [0.717, 1.165) is 31.2 Å². The second kappa shape index (κ2) is 14.5. The van der Waals surface area contributed by atoms with E-state index in [2.05, 4.69) is 10.3 Å². The molecule has 2 amide bonds. The second-order valence-electron chi connectivity index (χ2n) is 10.2. The quantitative estimate of drug-likeness (QED) is 0.383. The molecule has 39 heavy (non-hydrogen) atoms. The van der Waals surface area contributed by atoms with Gasteiger partial charge in [0.05, 0.1) is 6.61 Å². The lowest BCUT2D eigenvalue weighted by atomic mass is 10.1. The Balaban J connectivity index is 1.29. The van der Waals surface area contributed by atoms with Crippen molar-refractivity contribution in [3.63, 3.8) is 0 Å². The minimum atomic E-state index is -0.783. The lowest BCUT2D eigenvalue weighted by Crippen LogP contribution is -2.37. The molecule has 0 aliphatic carbocycles. The van der Waals surface area contributed by atoms with Gasteiger partial charge in [-0.1, -0.05) is 43.2 Å². The Morgan fingerprint density at radius 2 is 1.90 bits per heavy atom. The lowest BCUT2D eigenvalue weighted by molar-refractivity contribution is -0.101. The third kappa shape index (κ3) is 10.6. The molecule has 1 aromatic carbocycles. The van der Waals surface area contributed by atoms with Gasteiger partial charge in [0.25, 0.3) is 0 Å². The Bertz CT molecular complexity index is 1120. The number of benzene rings is 1. The molecule has 1 saturated heterocycles. The molecule has 0 spiro atoms. The van der Waals surface area contributed by atoms with Crippen LogP contribution in [0.15, 0.2) is 47.4 Å². The van der Waals surface area contributed by atoms with Crippen LogP contribution in [-0.4, -0.2) is 64.8 Å². The summed E-state index contributed by atoms with van der Waals surface area (Å²) in [5.74, 6) is 0.123. The molecule has 2 heterocycles. The van der Waals surface area contributed by atoms with Gasteiger partial charge in [0.1, 0.15) is 18.0 Å². The summed E-state index contributed by atoms with van der Waals surface area (Å²) < 4.78 is 23.1. The van der Waals surface area contributed by atoms with Crippen LogP contribution >= 0.6 is 0 Å². The smallest absolute Gasteiger partial charge is 0.410 e. The molecule has 0 bridgehead atoms. The molecule has 1 aliphatic rings. The predicted octanol–water partition coefficient (Wildman–Crippen LogP) is 3.42. The van der Waals surface area contributed by atoms with E-state index in [1.54, 1.807) is 4.90 Å². The highest BCUT2D eigenvalue weighted by Gasteiger charge is 2.29. The molecule has 1 fully saturated rings. The van der Waals surface area contributed by atoms with Gasteiger partial charge in [0, 0.05) is 25.8 Å². The van der Waals surface area contributed by atoms with Crippen molar-refractivity contribution in [2.45, 2.75) is 71.1 Å². The van der Waals surface area contributed by atoms with E-state index >= 15 is 0 Å². The fourth-order valence-corrected chi connectivity index (χ4v) is 3.85. The second-order valence-corrected chi connectivity index (χ2v) is 10.2. The number of anilines is 1. The molecular formula is C27H39N5O7. The lowest BCUT2D eigenvalue weighted by Gasteiger charge is -2.27. The fourth-order valence-electron chi connectivity index (χ4n) is 3.85. The van der Waals surface area contributed by atoms with Gasteiger partial charge in [-0.25, -0.2) is 14.4 Å². The SMILES string of the molecule is CC(C)(C)OC(=O)N(CCCCCCNC(=O)OC[C@H]1OC[C@@H](n2ccc(N)nc2=O)O1)Cc1ccccc1. The van der Waals surface area contributed by atoms with Crippen LogP contribution in [-0.2, 0) is 25.5 Å². The van der Waals surface area contributed by atoms with Gasteiger partial charge < -0.3 is 34.9 Å². The number of ether oxygens (including phenoxy) is 4. The van der Waals surface area contributed by atoms with Gasteiger partial charge in [0.2, 0.25) is 0 Å². The van der Waals surface area contributed by atoms with Crippen LogP contribution in [0.5, 0.6) is 0 Å². The number of carbonyl (C=O) groups is 2. The number of unbranched alkanes of at least 4 members (excludes halogenated alkanes) is 3. The topological polar surface area (TPSA) is 147 Å². The Morgan fingerprint density at radius 1 is 1.15 bits per heavy atom. The number of alkyl carbamates (subject to hydrolysis) is 1. The normalized spacial score (nSPS) is 17.0. The van der Waals surface area contributed by atoms with Crippen molar-refractivity contribution >= 4 is 18.0 Å². The van der Waals surface area contributed by atoms with Crippen LogP contribution in [0, 0.1) is 0 Å². The first-order valence-electron chi connectivity index (χ1n) is 13.1. The largest absolute Gasteiger partial charge is 0.444 e. The number of nitrogens with zero attached hydrogens (tertiary/aromatic N) is 3. The number of nitrogens with one attached hydrogen (secondary N) is 1. The van der Waals surface area contributed by atoms with Crippen molar-refractivity contribution < 1.29 is 28.5 Å². The van der Waals surface area contributed by atoms with Crippen molar-refractivity contribution in [2.24, 2.45) is 0 Å². The molecule has 2 atom stereocenters. The van der Waals surface area contributed by atoms with Crippen molar-refractivity contribution in [1.82, 2.24) is 19.8 Å². The highest BCUT2D eigenvalue weighted by molar-refractivity contribution is 5.68. The number of aromatic nitrogens is 2. The molecule has 0 radical (unpaired) electrons. The maximum absolute atomic E-state index is 12.7. The first-order valence-corrected chi connectivity index (χ1v) is 13.1. The summed E-state index contributed by atoms with van der Waals surface area (Å²) in [5, 5.41) is 2.71. The molecule has 0 unspecified atom stereocenters. The molecule has 2 aromatic rings. The van der Waals surface area contributed by atoms with E-state index in [9.17, 15) is 14.4 Å². The first kappa shape index (κ1) is 29.9. The van der Waals surface area contributed by atoms with Gasteiger partial charge in [0.15, 0.2) is 12.5 Å². The third-order valence-electron chi connectivity index (χ3n) is 5.74. The molecule has 3 N–H and O–H groups in total. The summed E-state index contributed by atoms with van der Waals surface area (Å²) in [6.45, 7) is 7.12. The summed E-state index contributed by atoms with van der Waals surface area (Å²) in [5.41, 5.74) is 5.44.